The minimum absolute atomic E-state index is 0.210. The normalized spacial score (nSPS) is 10.9. The van der Waals surface area contributed by atoms with Crippen molar-refractivity contribution in [2.75, 3.05) is 0 Å². The third-order valence-electron chi connectivity index (χ3n) is 2.52. The van der Waals surface area contributed by atoms with Crippen LogP contribution < -0.4 is 0 Å². The molecule has 3 rings (SSSR count). The molecule has 0 radical (unpaired) electrons. The van der Waals surface area contributed by atoms with Crippen molar-refractivity contribution in [1.29, 1.82) is 0 Å². The van der Waals surface area contributed by atoms with E-state index in [2.05, 4.69) is 10.1 Å². The van der Waals surface area contributed by atoms with Gasteiger partial charge < -0.3 is 14.0 Å². The Morgan fingerprint density at radius 3 is 2.94 bits per heavy atom. The Morgan fingerprint density at radius 2 is 2.22 bits per heavy atom. The standard InChI is InChI=1S/C12H8N2O4/c1-6-13-8-4-2-3-7(11(8)17-6)9-5-10(12(15)16)18-14-9/h2-5H,1H3,(H,15,16). The van der Waals surface area contributed by atoms with Crippen LogP contribution in [-0.4, -0.2) is 21.2 Å². The first-order valence-corrected chi connectivity index (χ1v) is 5.21. The smallest absolute Gasteiger partial charge is 0.374 e. The molecule has 90 valence electrons. The Balaban J connectivity index is 2.21. The highest BCUT2D eigenvalue weighted by molar-refractivity contribution is 5.91. The van der Waals surface area contributed by atoms with Crippen molar-refractivity contribution in [1.82, 2.24) is 10.1 Å². The molecule has 1 aromatic carbocycles. The van der Waals surface area contributed by atoms with Crippen molar-refractivity contribution < 1.29 is 18.8 Å². The maximum Gasteiger partial charge on any atom is 0.374 e. The quantitative estimate of drug-likeness (QED) is 0.744. The summed E-state index contributed by atoms with van der Waals surface area (Å²) in [7, 11) is 0. The largest absolute Gasteiger partial charge is 0.475 e. The van der Waals surface area contributed by atoms with Crippen LogP contribution in [0.4, 0.5) is 0 Å². The summed E-state index contributed by atoms with van der Waals surface area (Å²) in [5.41, 5.74) is 2.34. The number of hydrogen-bond donors (Lipinski definition) is 1. The van der Waals surface area contributed by atoms with Crippen molar-refractivity contribution in [3.63, 3.8) is 0 Å². The van der Waals surface area contributed by atoms with Gasteiger partial charge in [-0.3, -0.25) is 0 Å². The highest BCUT2D eigenvalue weighted by Gasteiger charge is 2.16. The van der Waals surface area contributed by atoms with E-state index in [0.29, 0.717) is 28.2 Å². The van der Waals surface area contributed by atoms with E-state index in [1.54, 1.807) is 19.1 Å². The molecule has 0 aliphatic heterocycles. The van der Waals surface area contributed by atoms with E-state index >= 15 is 0 Å². The van der Waals surface area contributed by atoms with Crippen LogP contribution in [0.3, 0.4) is 0 Å². The minimum Gasteiger partial charge on any atom is -0.475 e. The van der Waals surface area contributed by atoms with Crippen molar-refractivity contribution in [2.45, 2.75) is 6.92 Å². The van der Waals surface area contributed by atoms with Gasteiger partial charge in [-0.2, -0.15) is 0 Å². The number of oxazole rings is 1. The van der Waals surface area contributed by atoms with Crippen LogP contribution in [0.15, 0.2) is 33.2 Å². The van der Waals surface area contributed by atoms with Crippen LogP contribution in [0.5, 0.6) is 0 Å². The van der Waals surface area contributed by atoms with Gasteiger partial charge in [0.1, 0.15) is 11.2 Å². The lowest BCUT2D eigenvalue weighted by Crippen LogP contribution is -1.91. The summed E-state index contributed by atoms with van der Waals surface area (Å²) in [6.07, 6.45) is 0. The number of hydrogen-bond acceptors (Lipinski definition) is 5. The lowest BCUT2D eigenvalue weighted by molar-refractivity contribution is 0.0652. The molecule has 0 unspecified atom stereocenters. The van der Waals surface area contributed by atoms with Gasteiger partial charge in [0.05, 0.1) is 0 Å². The number of nitrogens with zero attached hydrogens (tertiary/aromatic N) is 2. The zero-order valence-electron chi connectivity index (χ0n) is 9.38. The Kier molecular flexibility index (Phi) is 2.16. The number of para-hydroxylation sites is 1. The van der Waals surface area contributed by atoms with E-state index in [1.165, 1.54) is 6.07 Å². The number of rotatable bonds is 2. The fourth-order valence-corrected chi connectivity index (χ4v) is 1.76. The summed E-state index contributed by atoms with van der Waals surface area (Å²) in [6, 6.07) is 6.74. The predicted octanol–water partition coefficient (Wildman–Crippen LogP) is 2.49. The topological polar surface area (TPSA) is 89.4 Å². The molecule has 0 spiro atoms. The fraction of sp³-hybridized carbons (Fsp3) is 0.0833. The molecule has 3 aromatic rings. The molecule has 0 amide bonds. The number of fused-ring (bicyclic) bond motifs is 1. The van der Waals surface area contributed by atoms with E-state index in [-0.39, 0.29) is 5.76 Å². The van der Waals surface area contributed by atoms with Gasteiger partial charge in [-0.25, -0.2) is 9.78 Å². The second kappa shape index (κ2) is 3.69. The second-order valence-electron chi connectivity index (χ2n) is 3.77. The average molecular weight is 244 g/mol. The molecule has 1 N–H and O–H groups in total. The molecule has 0 saturated carbocycles. The van der Waals surface area contributed by atoms with Crippen molar-refractivity contribution in [3.05, 3.63) is 35.9 Å². The van der Waals surface area contributed by atoms with Gasteiger partial charge in [0.25, 0.3) is 0 Å². The maximum atomic E-state index is 10.7. The number of carbonyl (C=O) groups is 1. The molecule has 0 saturated heterocycles. The number of carboxylic acid groups (broad SMARTS) is 1. The van der Waals surface area contributed by atoms with E-state index in [9.17, 15) is 4.79 Å². The third kappa shape index (κ3) is 1.55. The second-order valence-corrected chi connectivity index (χ2v) is 3.77. The molecule has 0 aliphatic rings. The SMILES string of the molecule is Cc1nc2cccc(-c3cc(C(=O)O)on3)c2o1. The Labute approximate surface area is 101 Å². The number of benzene rings is 1. The van der Waals surface area contributed by atoms with Gasteiger partial charge >= 0.3 is 5.97 Å². The summed E-state index contributed by atoms with van der Waals surface area (Å²) in [4.78, 5) is 14.9. The van der Waals surface area contributed by atoms with E-state index in [4.69, 9.17) is 14.0 Å². The summed E-state index contributed by atoms with van der Waals surface area (Å²) in [5, 5.41) is 12.5. The number of aromatic nitrogens is 2. The van der Waals surface area contributed by atoms with Gasteiger partial charge in [-0.15, -0.1) is 0 Å². The maximum absolute atomic E-state index is 10.7. The molecule has 0 aliphatic carbocycles. The lowest BCUT2D eigenvalue weighted by Gasteiger charge is -1.94. The zero-order valence-corrected chi connectivity index (χ0v) is 9.38. The molecule has 2 heterocycles. The highest BCUT2D eigenvalue weighted by Crippen LogP contribution is 2.28. The minimum atomic E-state index is -1.16. The van der Waals surface area contributed by atoms with Crippen molar-refractivity contribution >= 4 is 17.1 Å². The van der Waals surface area contributed by atoms with Crippen LogP contribution in [0, 0.1) is 6.92 Å². The monoisotopic (exact) mass is 244 g/mol. The summed E-state index contributed by atoms with van der Waals surface area (Å²) < 4.78 is 10.2. The van der Waals surface area contributed by atoms with Crippen LogP contribution in [-0.2, 0) is 0 Å². The van der Waals surface area contributed by atoms with Crippen LogP contribution in [0.1, 0.15) is 16.4 Å². The summed E-state index contributed by atoms with van der Waals surface area (Å²) >= 11 is 0. The first-order valence-electron chi connectivity index (χ1n) is 5.21. The Morgan fingerprint density at radius 1 is 1.39 bits per heavy atom. The Hall–Kier alpha value is -2.63. The summed E-state index contributed by atoms with van der Waals surface area (Å²) in [5.74, 6) is -0.827. The van der Waals surface area contributed by atoms with Crippen molar-refractivity contribution in [2.24, 2.45) is 0 Å². The van der Waals surface area contributed by atoms with Gasteiger partial charge in [0.15, 0.2) is 11.5 Å². The van der Waals surface area contributed by atoms with Crippen LogP contribution in [0.25, 0.3) is 22.4 Å². The summed E-state index contributed by atoms with van der Waals surface area (Å²) in [6.45, 7) is 1.75. The molecule has 0 atom stereocenters. The van der Waals surface area contributed by atoms with Gasteiger partial charge in [-0.05, 0) is 12.1 Å². The zero-order chi connectivity index (χ0) is 12.7. The molecular formula is C12H8N2O4. The highest BCUT2D eigenvalue weighted by atomic mass is 16.5. The molecular weight excluding hydrogens is 236 g/mol. The third-order valence-corrected chi connectivity index (χ3v) is 2.52. The van der Waals surface area contributed by atoms with Crippen LogP contribution in [0.2, 0.25) is 0 Å². The predicted molar refractivity (Wildman–Crippen MR) is 61.2 cm³/mol. The number of aryl methyl sites for hydroxylation is 1. The molecule has 0 bridgehead atoms. The van der Waals surface area contributed by atoms with Crippen LogP contribution >= 0.6 is 0 Å². The van der Waals surface area contributed by atoms with E-state index in [0.717, 1.165) is 0 Å². The number of aromatic carboxylic acids is 1. The lowest BCUT2D eigenvalue weighted by atomic mass is 10.1. The molecule has 2 aromatic heterocycles. The van der Waals surface area contributed by atoms with Gasteiger partial charge in [0.2, 0.25) is 5.76 Å². The average Bonchev–Trinajstić information content (AvgIpc) is 2.92. The van der Waals surface area contributed by atoms with E-state index < -0.39 is 5.97 Å². The van der Waals surface area contributed by atoms with Crippen molar-refractivity contribution in [3.8, 4) is 11.3 Å². The number of carboxylic acids is 1. The first-order chi connectivity index (χ1) is 8.65. The Bertz CT molecular complexity index is 741. The van der Waals surface area contributed by atoms with E-state index in [1.807, 2.05) is 6.07 Å². The molecule has 6 nitrogen and oxygen atoms in total. The first kappa shape index (κ1) is 10.5. The van der Waals surface area contributed by atoms with Gasteiger partial charge in [0, 0.05) is 18.6 Å². The fourth-order valence-electron chi connectivity index (χ4n) is 1.76. The molecule has 18 heavy (non-hydrogen) atoms. The molecule has 6 heteroatoms. The van der Waals surface area contributed by atoms with Gasteiger partial charge in [-0.1, -0.05) is 11.2 Å². The molecule has 0 fully saturated rings.